The molecule has 0 unspecified atom stereocenters. The third-order valence-corrected chi connectivity index (χ3v) is 4.02. The van der Waals surface area contributed by atoms with Crippen LogP contribution in [-0.2, 0) is 12.8 Å². The van der Waals surface area contributed by atoms with E-state index in [9.17, 15) is 0 Å². The predicted octanol–water partition coefficient (Wildman–Crippen LogP) is 4.44. The molecule has 0 N–H and O–H groups in total. The van der Waals surface area contributed by atoms with E-state index in [1.807, 2.05) is 24.3 Å². The Bertz CT molecular complexity index is 598. The average Bonchev–Trinajstić information content (AvgIpc) is 2.39. The van der Waals surface area contributed by atoms with Crippen LogP contribution in [0.25, 0.3) is 11.4 Å². The molecule has 1 aliphatic rings. The number of aromatic nitrogens is 2. The van der Waals surface area contributed by atoms with Gasteiger partial charge >= 0.3 is 0 Å². The second kappa shape index (κ2) is 4.98. The second-order valence-corrected chi connectivity index (χ2v) is 5.75. The highest BCUT2D eigenvalue weighted by Gasteiger charge is 2.17. The Morgan fingerprint density at radius 3 is 2.78 bits per heavy atom. The van der Waals surface area contributed by atoms with Crippen molar-refractivity contribution in [3.8, 4) is 11.4 Å². The van der Waals surface area contributed by atoms with Gasteiger partial charge in [0, 0.05) is 21.3 Å². The van der Waals surface area contributed by atoms with Crippen molar-refractivity contribution in [2.75, 3.05) is 0 Å². The highest BCUT2D eigenvalue weighted by Crippen LogP contribution is 2.28. The van der Waals surface area contributed by atoms with Crippen LogP contribution in [0.4, 0.5) is 0 Å². The first-order chi connectivity index (χ1) is 8.74. The minimum atomic E-state index is 0.620. The molecular formula is C14H12BrClN2. The van der Waals surface area contributed by atoms with Gasteiger partial charge < -0.3 is 0 Å². The minimum absolute atomic E-state index is 0.620. The van der Waals surface area contributed by atoms with Gasteiger partial charge in [-0.25, -0.2) is 9.97 Å². The lowest BCUT2D eigenvalue weighted by molar-refractivity contribution is 0.663. The van der Waals surface area contributed by atoms with Gasteiger partial charge in [0.05, 0.1) is 0 Å². The van der Waals surface area contributed by atoms with E-state index in [1.54, 1.807) is 0 Å². The van der Waals surface area contributed by atoms with E-state index in [1.165, 1.54) is 12.8 Å². The molecule has 0 fully saturated rings. The summed E-state index contributed by atoms with van der Waals surface area (Å²) in [6.07, 6.45) is 4.40. The summed E-state index contributed by atoms with van der Waals surface area (Å²) in [6, 6.07) is 7.99. The summed E-state index contributed by atoms with van der Waals surface area (Å²) in [5, 5.41) is 0.620. The van der Waals surface area contributed by atoms with E-state index >= 15 is 0 Å². The Morgan fingerprint density at radius 1 is 1.11 bits per heavy atom. The van der Waals surface area contributed by atoms with Crippen LogP contribution >= 0.6 is 27.5 Å². The molecule has 2 nitrogen and oxygen atoms in total. The van der Waals surface area contributed by atoms with E-state index in [0.29, 0.717) is 5.15 Å². The SMILES string of the molecule is Clc1nc(-c2cccc(Br)c2)nc2c1CCCC2. The smallest absolute Gasteiger partial charge is 0.161 e. The van der Waals surface area contributed by atoms with Gasteiger partial charge in [0.25, 0.3) is 0 Å². The second-order valence-electron chi connectivity index (χ2n) is 4.48. The summed E-state index contributed by atoms with van der Waals surface area (Å²) in [6.45, 7) is 0. The summed E-state index contributed by atoms with van der Waals surface area (Å²) < 4.78 is 1.03. The van der Waals surface area contributed by atoms with Gasteiger partial charge in [-0.3, -0.25) is 0 Å². The van der Waals surface area contributed by atoms with E-state index < -0.39 is 0 Å². The van der Waals surface area contributed by atoms with Crippen molar-refractivity contribution in [3.63, 3.8) is 0 Å². The largest absolute Gasteiger partial charge is 0.233 e. The van der Waals surface area contributed by atoms with Gasteiger partial charge in [0.2, 0.25) is 0 Å². The molecule has 0 amide bonds. The van der Waals surface area contributed by atoms with Gasteiger partial charge in [0.15, 0.2) is 5.82 Å². The zero-order chi connectivity index (χ0) is 12.5. The summed E-state index contributed by atoms with van der Waals surface area (Å²) in [7, 11) is 0. The zero-order valence-corrected chi connectivity index (χ0v) is 12.1. The lowest BCUT2D eigenvalue weighted by atomic mass is 9.97. The number of benzene rings is 1. The fraction of sp³-hybridized carbons (Fsp3) is 0.286. The van der Waals surface area contributed by atoms with Crippen LogP contribution in [0.1, 0.15) is 24.1 Å². The van der Waals surface area contributed by atoms with E-state index in [2.05, 4.69) is 25.9 Å². The summed E-state index contributed by atoms with van der Waals surface area (Å²) in [5.41, 5.74) is 3.26. The molecule has 0 atom stereocenters. The van der Waals surface area contributed by atoms with Crippen molar-refractivity contribution in [3.05, 3.63) is 45.1 Å². The van der Waals surface area contributed by atoms with Crippen LogP contribution < -0.4 is 0 Å². The molecule has 0 bridgehead atoms. The third kappa shape index (κ3) is 2.29. The summed E-state index contributed by atoms with van der Waals surface area (Å²) in [5.74, 6) is 0.724. The van der Waals surface area contributed by atoms with Crippen molar-refractivity contribution in [2.45, 2.75) is 25.7 Å². The molecule has 2 aromatic rings. The predicted molar refractivity (Wildman–Crippen MR) is 76.8 cm³/mol. The average molecular weight is 324 g/mol. The molecule has 0 saturated carbocycles. The topological polar surface area (TPSA) is 25.8 Å². The van der Waals surface area contributed by atoms with Crippen LogP contribution in [0, 0.1) is 0 Å². The van der Waals surface area contributed by atoms with Gasteiger partial charge in [-0.1, -0.05) is 39.7 Å². The quantitative estimate of drug-likeness (QED) is 0.725. The maximum Gasteiger partial charge on any atom is 0.161 e. The Hall–Kier alpha value is -0.930. The maximum atomic E-state index is 6.27. The van der Waals surface area contributed by atoms with Crippen LogP contribution in [0.2, 0.25) is 5.15 Å². The van der Waals surface area contributed by atoms with Crippen molar-refractivity contribution in [1.29, 1.82) is 0 Å². The third-order valence-electron chi connectivity index (χ3n) is 3.22. The molecule has 3 rings (SSSR count). The maximum absolute atomic E-state index is 6.27. The molecule has 1 aromatic carbocycles. The van der Waals surface area contributed by atoms with Gasteiger partial charge in [-0.15, -0.1) is 0 Å². The highest BCUT2D eigenvalue weighted by molar-refractivity contribution is 9.10. The van der Waals surface area contributed by atoms with Gasteiger partial charge in [-0.05, 0) is 37.8 Å². The van der Waals surface area contributed by atoms with Crippen LogP contribution in [-0.4, -0.2) is 9.97 Å². The van der Waals surface area contributed by atoms with E-state index in [0.717, 1.165) is 40.0 Å². The van der Waals surface area contributed by atoms with Crippen molar-refractivity contribution in [2.24, 2.45) is 0 Å². The molecule has 18 heavy (non-hydrogen) atoms. The summed E-state index contributed by atoms with van der Waals surface area (Å²) >= 11 is 9.74. The summed E-state index contributed by atoms with van der Waals surface area (Å²) in [4.78, 5) is 9.10. The van der Waals surface area contributed by atoms with Crippen molar-refractivity contribution < 1.29 is 0 Å². The number of nitrogens with zero attached hydrogens (tertiary/aromatic N) is 2. The van der Waals surface area contributed by atoms with Gasteiger partial charge in [-0.2, -0.15) is 0 Å². The fourth-order valence-corrected chi connectivity index (χ4v) is 2.99. The Balaban J connectivity index is 2.11. The standard InChI is InChI=1S/C14H12BrClN2/c15-10-5-3-4-9(8-10)14-17-12-7-2-1-6-11(12)13(16)18-14/h3-5,8H,1-2,6-7H2. The van der Waals surface area contributed by atoms with Crippen LogP contribution in [0.3, 0.4) is 0 Å². The molecular weight excluding hydrogens is 312 g/mol. The monoisotopic (exact) mass is 322 g/mol. The van der Waals surface area contributed by atoms with Crippen molar-refractivity contribution in [1.82, 2.24) is 9.97 Å². The number of hydrogen-bond donors (Lipinski definition) is 0. The zero-order valence-electron chi connectivity index (χ0n) is 9.79. The van der Waals surface area contributed by atoms with Gasteiger partial charge in [0.1, 0.15) is 5.15 Å². The van der Waals surface area contributed by atoms with E-state index in [4.69, 9.17) is 11.6 Å². The number of rotatable bonds is 1. The number of fused-ring (bicyclic) bond motifs is 1. The molecule has 92 valence electrons. The first kappa shape index (κ1) is 12.1. The number of halogens is 2. The lowest BCUT2D eigenvalue weighted by Crippen LogP contribution is -2.08. The molecule has 0 spiro atoms. The normalized spacial score (nSPS) is 14.3. The highest BCUT2D eigenvalue weighted by atomic mass is 79.9. The minimum Gasteiger partial charge on any atom is -0.233 e. The van der Waals surface area contributed by atoms with E-state index in [-0.39, 0.29) is 0 Å². The molecule has 0 radical (unpaired) electrons. The molecule has 1 heterocycles. The number of hydrogen-bond acceptors (Lipinski definition) is 2. The fourth-order valence-electron chi connectivity index (χ4n) is 2.30. The van der Waals surface area contributed by atoms with Crippen molar-refractivity contribution >= 4 is 27.5 Å². The van der Waals surface area contributed by atoms with Crippen LogP contribution in [0.5, 0.6) is 0 Å². The molecule has 0 aliphatic heterocycles. The Morgan fingerprint density at radius 2 is 1.94 bits per heavy atom. The molecule has 0 saturated heterocycles. The molecule has 1 aliphatic carbocycles. The van der Waals surface area contributed by atoms with Crippen LogP contribution in [0.15, 0.2) is 28.7 Å². The first-order valence-corrected chi connectivity index (χ1v) is 7.22. The Kier molecular flexibility index (Phi) is 3.35. The first-order valence-electron chi connectivity index (χ1n) is 6.05. The molecule has 1 aromatic heterocycles. The Labute approximate surface area is 120 Å². The number of aryl methyl sites for hydroxylation is 1. The molecule has 4 heteroatoms. The lowest BCUT2D eigenvalue weighted by Gasteiger charge is -2.16.